The second kappa shape index (κ2) is 25.2. The van der Waals surface area contributed by atoms with Crippen LogP contribution in [-0.4, -0.2) is 63.8 Å². The Morgan fingerprint density at radius 2 is 1.80 bits per heavy atom. The third kappa shape index (κ3) is 20.5. The van der Waals surface area contributed by atoms with Crippen LogP contribution in [0.1, 0.15) is 11.1 Å². The molecule has 0 aliphatic heterocycles. The number of nitro groups is 1. The van der Waals surface area contributed by atoms with Crippen molar-refractivity contribution in [2.75, 3.05) is 63.4 Å². The molecule has 0 bridgehead atoms. The normalized spacial score (nSPS) is 8.90. The van der Waals surface area contributed by atoms with Crippen molar-refractivity contribution in [1.29, 1.82) is 5.26 Å². The number of nitrogens with two attached hydrogens (primary N) is 2. The molecule has 0 saturated carbocycles. The number of nitro benzene ring substituents is 1. The maximum atomic E-state index is 10.7. The van der Waals surface area contributed by atoms with Gasteiger partial charge >= 0.3 is 5.97 Å². The Kier molecular flexibility index (Phi) is 23.3. The monoisotopic (exact) mass is 572 g/mol. The van der Waals surface area contributed by atoms with Gasteiger partial charge in [0, 0.05) is 48.9 Å². The van der Waals surface area contributed by atoms with Crippen LogP contribution in [0.2, 0.25) is 0 Å². The lowest BCUT2D eigenvalue weighted by atomic mass is 10.2. The minimum atomic E-state index is -0.569. The zero-order chi connectivity index (χ0) is 31.5. The largest absolute Gasteiger partial charge is 0.460 e. The SMILES string of the molecule is C=CC(=O)OCCOCCNc1ccc(N)c(C)c1.C=CC=O.COCCN=O.N#Cc1cc([N+](=O)[O-])ccc1N. The van der Waals surface area contributed by atoms with Crippen molar-refractivity contribution in [3.63, 3.8) is 0 Å². The van der Waals surface area contributed by atoms with Crippen molar-refractivity contribution in [1.82, 2.24) is 0 Å². The molecule has 0 fully saturated rings. The van der Waals surface area contributed by atoms with Gasteiger partial charge in [0.1, 0.15) is 25.5 Å². The summed E-state index contributed by atoms with van der Waals surface area (Å²) >= 11 is 0. The van der Waals surface area contributed by atoms with Crippen LogP contribution in [0, 0.1) is 33.3 Å². The van der Waals surface area contributed by atoms with Gasteiger partial charge in [-0.2, -0.15) is 10.2 Å². The van der Waals surface area contributed by atoms with Crippen LogP contribution in [0.4, 0.5) is 22.7 Å². The number of allylic oxidation sites excluding steroid dienone is 1. The molecule has 0 unspecified atom stereocenters. The van der Waals surface area contributed by atoms with Crippen molar-refractivity contribution in [3.8, 4) is 6.07 Å². The maximum Gasteiger partial charge on any atom is 0.330 e. The van der Waals surface area contributed by atoms with E-state index in [2.05, 4.69) is 28.4 Å². The minimum absolute atomic E-state index is 0.124. The van der Waals surface area contributed by atoms with Gasteiger partial charge in [0.25, 0.3) is 5.69 Å². The summed E-state index contributed by atoms with van der Waals surface area (Å²) in [5.41, 5.74) is 14.2. The third-order valence-electron chi connectivity index (χ3n) is 4.34. The summed E-state index contributed by atoms with van der Waals surface area (Å²) in [4.78, 5) is 38.7. The lowest BCUT2D eigenvalue weighted by molar-refractivity contribution is -0.384. The van der Waals surface area contributed by atoms with E-state index in [0.717, 1.165) is 29.1 Å². The van der Waals surface area contributed by atoms with E-state index in [9.17, 15) is 19.8 Å². The quantitative estimate of drug-likeness (QED) is 0.0458. The molecule has 2 aromatic carbocycles. The highest BCUT2D eigenvalue weighted by molar-refractivity contribution is 5.81. The van der Waals surface area contributed by atoms with Crippen LogP contribution in [-0.2, 0) is 23.8 Å². The Bertz CT molecular complexity index is 1150. The molecule has 0 radical (unpaired) electrons. The number of ether oxygens (including phenoxy) is 3. The molecule has 0 spiro atoms. The van der Waals surface area contributed by atoms with Crippen LogP contribution < -0.4 is 16.8 Å². The average molecular weight is 573 g/mol. The van der Waals surface area contributed by atoms with Crippen LogP contribution in [0.3, 0.4) is 0 Å². The van der Waals surface area contributed by atoms with Gasteiger partial charge < -0.3 is 31.0 Å². The first kappa shape index (κ1) is 38.0. The Morgan fingerprint density at radius 1 is 1.15 bits per heavy atom. The zero-order valence-corrected chi connectivity index (χ0v) is 23.1. The number of esters is 1. The van der Waals surface area contributed by atoms with Gasteiger partial charge in [-0.3, -0.25) is 14.9 Å². The zero-order valence-electron chi connectivity index (χ0n) is 23.1. The minimum Gasteiger partial charge on any atom is -0.460 e. The summed E-state index contributed by atoms with van der Waals surface area (Å²) < 4.78 is 14.6. The number of nitroso groups, excluding NO2 is 1. The first-order chi connectivity index (χ1) is 19.6. The summed E-state index contributed by atoms with van der Waals surface area (Å²) in [5, 5.41) is 24.5. The standard InChI is InChI=1S/C14H20N2O3.C7H5N3O2.C3H7NO2.C3H4O/c1-3-14(17)19-9-8-18-7-6-16-12-4-5-13(15)11(2)10-12;8-4-5-3-6(10(11)12)1-2-7(5)9;1-6-3-2-4-5;1-2-3-4/h3-5,10,16H,1,6-9,15H2,2H3;1-3H,9H2;2-3H2,1H3;2-3H,1H2. The van der Waals surface area contributed by atoms with Crippen molar-refractivity contribution in [2.45, 2.75) is 6.92 Å². The first-order valence-electron chi connectivity index (χ1n) is 11.9. The number of carbonyl (C=O) groups is 2. The van der Waals surface area contributed by atoms with Gasteiger partial charge in [0.2, 0.25) is 0 Å². The predicted molar refractivity (Wildman–Crippen MR) is 157 cm³/mol. The van der Waals surface area contributed by atoms with Crippen LogP contribution in [0.15, 0.2) is 66.9 Å². The molecule has 14 nitrogen and oxygen atoms in total. The molecule has 5 N–H and O–H groups in total. The van der Waals surface area contributed by atoms with Gasteiger partial charge in [-0.1, -0.05) is 18.3 Å². The number of aldehydes is 1. The predicted octanol–water partition coefficient (Wildman–Crippen LogP) is 3.55. The number of hydrogen-bond donors (Lipinski definition) is 3. The molecule has 222 valence electrons. The maximum absolute atomic E-state index is 10.7. The summed E-state index contributed by atoms with van der Waals surface area (Å²) in [6.45, 7) is 10.9. The number of nitrogen functional groups attached to an aromatic ring is 2. The Hall–Kier alpha value is -5.13. The highest BCUT2D eigenvalue weighted by atomic mass is 16.6. The number of hydrogen-bond acceptors (Lipinski definition) is 13. The van der Waals surface area contributed by atoms with E-state index in [1.807, 2.05) is 25.1 Å². The van der Waals surface area contributed by atoms with Gasteiger partial charge in [-0.25, -0.2) is 4.79 Å². The second-order valence-corrected chi connectivity index (χ2v) is 7.34. The lowest BCUT2D eigenvalue weighted by Crippen LogP contribution is -2.13. The number of nitrogens with zero attached hydrogens (tertiary/aromatic N) is 3. The van der Waals surface area contributed by atoms with E-state index in [-0.39, 0.29) is 30.1 Å². The Balaban J connectivity index is 0. The molecule has 0 aromatic heterocycles. The topological polar surface area (TPSA) is 222 Å². The molecule has 41 heavy (non-hydrogen) atoms. The molecule has 0 aliphatic rings. The Morgan fingerprint density at radius 3 is 2.29 bits per heavy atom. The number of aryl methyl sites for hydroxylation is 1. The van der Waals surface area contributed by atoms with Gasteiger partial charge in [-0.05, 0) is 42.8 Å². The molecular formula is C27H36N6O8. The first-order valence-corrected chi connectivity index (χ1v) is 11.9. The van der Waals surface area contributed by atoms with E-state index in [4.69, 9.17) is 31.0 Å². The van der Waals surface area contributed by atoms with Gasteiger partial charge in [-0.15, -0.1) is 0 Å². The lowest BCUT2D eigenvalue weighted by Gasteiger charge is -2.09. The number of rotatable bonds is 13. The van der Waals surface area contributed by atoms with E-state index in [1.165, 1.54) is 25.3 Å². The van der Waals surface area contributed by atoms with Gasteiger partial charge in [0.15, 0.2) is 0 Å². The fraction of sp³-hybridized carbons (Fsp3) is 0.296. The molecular weight excluding hydrogens is 536 g/mol. The van der Waals surface area contributed by atoms with Crippen LogP contribution in [0.25, 0.3) is 0 Å². The second-order valence-electron chi connectivity index (χ2n) is 7.34. The number of nitriles is 1. The molecule has 0 aliphatic carbocycles. The summed E-state index contributed by atoms with van der Waals surface area (Å²) in [6.07, 6.45) is 2.96. The number of carbonyl (C=O) groups excluding carboxylic acids is 2. The summed E-state index contributed by atoms with van der Waals surface area (Å²) in [5.74, 6) is -0.431. The Labute approximate surface area is 238 Å². The molecule has 2 aromatic rings. The number of non-ortho nitro benzene ring substituents is 1. The van der Waals surface area contributed by atoms with Crippen molar-refractivity contribution in [2.24, 2.45) is 5.18 Å². The van der Waals surface area contributed by atoms with E-state index in [1.54, 1.807) is 6.07 Å². The fourth-order valence-corrected chi connectivity index (χ4v) is 2.30. The fourth-order valence-electron chi connectivity index (χ4n) is 2.30. The molecule has 2 rings (SSSR count). The van der Waals surface area contributed by atoms with Gasteiger partial charge in [0.05, 0.1) is 30.3 Å². The van der Waals surface area contributed by atoms with Crippen molar-refractivity contribution >= 4 is 35.0 Å². The van der Waals surface area contributed by atoms with E-state index >= 15 is 0 Å². The average Bonchev–Trinajstić information content (AvgIpc) is 2.98. The van der Waals surface area contributed by atoms with Crippen LogP contribution in [0.5, 0.6) is 0 Å². The molecule has 0 atom stereocenters. The highest BCUT2D eigenvalue weighted by Crippen LogP contribution is 2.18. The number of methoxy groups -OCH3 is 1. The molecule has 0 heterocycles. The molecule has 0 saturated heterocycles. The smallest absolute Gasteiger partial charge is 0.330 e. The number of benzene rings is 2. The van der Waals surface area contributed by atoms with Crippen LogP contribution >= 0.6 is 0 Å². The van der Waals surface area contributed by atoms with E-state index < -0.39 is 10.9 Å². The van der Waals surface area contributed by atoms with E-state index in [0.29, 0.717) is 32.7 Å². The number of nitrogens with one attached hydrogen (secondary N) is 1. The van der Waals surface area contributed by atoms with Crippen molar-refractivity contribution < 1.29 is 28.7 Å². The highest BCUT2D eigenvalue weighted by Gasteiger charge is 2.07. The van der Waals surface area contributed by atoms with Crippen molar-refractivity contribution in [3.05, 3.63) is 87.9 Å². The summed E-state index contributed by atoms with van der Waals surface area (Å²) in [6, 6.07) is 11.3. The third-order valence-corrected chi connectivity index (χ3v) is 4.34. The molecule has 14 heteroatoms. The molecule has 0 amide bonds. The summed E-state index contributed by atoms with van der Waals surface area (Å²) in [7, 11) is 1.53. The number of anilines is 3.